The number of carbonyl (C=O) groups excluding carboxylic acids is 3. The molecule has 0 saturated heterocycles. The second-order valence-corrected chi connectivity index (χ2v) is 11.8. The van der Waals surface area contributed by atoms with Gasteiger partial charge in [0.2, 0.25) is 5.91 Å². The number of nitrogens with two attached hydrogens (primary N) is 1. The minimum atomic E-state index is -4.77. The van der Waals surface area contributed by atoms with E-state index in [9.17, 15) is 50.9 Å². The summed E-state index contributed by atoms with van der Waals surface area (Å²) in [6.07, 6.45) is -4.11. The molecule has 15 nitrogen and oxygen atoms in total. The summed E-state index contributed by atoms with van der Waals surface area (Å²) >= 11 is 0. The molecule has 7 N–H and O–H groups in total. The molecule has 0 spiro atoms. The summed E-state index contributed by atoms with van der Waals surface area (Å²) in [5.41, 5.74) is -1.75. The van der Waals surface area contributed by atoms with Gasteiger partial charge in [-0.3, -0.25) is 23.7 Å². The van der Waals surface area contributed by atoms with Crippen molar-refractivity contribution in [2.24, 2.45) is 0 Å². The summed E-state index contributed by atoms with van der Waals surface area (Å²) in [5, 5.41) is 52.8. The molecule has 53 heavy (non-hydrogen) atoms. The van der Waals surface area contributed by atoms with Crippen LogP contribution in [0.25, 0.3) is 0 Å². The van der Waals surface area contributed by atoms with Gasteiger partial charge in [0.05, 0.1) is 71.3 Å². The van der Waals surface area contributed by atoms with Crippen LogP contribution in [0.3, 0.4) is 0 Å². The smallest absolute Gasteiger partial charge is 0.396 e. The Kier molecular flexibility index (Phi) is 12.2. The Morgan fingerprint density at radius 1 is 0.736 bits per heavy atom. The molecule has 0 bridgehead atoms. The molecule has 2 atom stereocenters. The van der Waals surface area contributed by atoms with Gasteiger partial charge < -0.3 is 31.9 Å². The molecule has 2 aromatic carbocycles. The van der Waals surface area contributed by atoms with Gasteiger partial charge in [-0.2, -0.15) is 47.1 Å². The van der Waals surface area contributed by atoms with Crippen molar-refractivity contribution in [1.82, 2.24) is 19.6 Å². The van der Waals surface area contributed by atoms with Crippen LogP contribution >= 0.6 is 0 Å². The van der Waals surface area contributed by atoms with Crippen molar-refractivity contribution < 1.29 is 50.9 Å². The molecular formula is C32H30F6N10O5. The lowest BCUT2D eigenvalue weighted by Crippen LogP contribution is -2.43. The van der Waals surface area contributed by atoms with Gasteiger partial charge in [0, 0.05) is 30.7 Å². The normalized spacial score (nSPS) is 13.5. The summed E-state index contributed by atoms with van der Waals surface area (Å²) in [4.78, 5) is 35.5. The van der Waals surface area contributed by atoms with Crippen LogP contribution in [0.1, 0.15) is 43.0 Å². The lowest BCUT2D eigenvalue weighted by Gasteiger charge is -2.22. The van der Waals surface area contributed by atoms with Crippen molar-refractivity contribution in [3.05, 3.63) is 83.4 Å². The Labute approximate surface area is 296 Å². The third kappa shape index (κ3) is 11.3. The molecule has 0 saturated carbocycles. The number of aromatic nitrogens is 4. The highest BCUT2D eigenvalue weighted by atomic mass is 19.4. The lowest BCUT2D eigenvalue weighted by molar-refractivity contribution is -0.138. The van der Waals surface area contributed by atoms with Crippen LogP contribution in [0.15, 0.2) is 61.2 Å². The van der Waals surface area contributed by atoms with Crippen LogP contribution in [0.5, 0.6) is 0 Å². The summed E-state index contributed by atoms with van der Waals surface area (Å²) in [7, 11) is 0. The van der Waals surface area contributed by atoms with Crippen molar-refractivity contribution in [2.45, 2.75) is 57.4 Å². The number of nitrogens with one attached hydrogen (secondary N) is 3. The van der Waals surface area contributed by atoms with E-state index in [1.54, 1.807) is 0 Å². The van der Waals surface area contributed by atoms with Crippen LogP contribution in [-0.2, 0) is 39.8 Å². The van der Waals surface area contributed by atoms with E-state index in [1.165, 1.54) is 60.1 Å². The Morgan fingerprint density at radius 3 is 1.51 bits per heavy atom. The number of benzene rings is 2. The number of hydrogen-bond donors (Lipinski definition) is 6. The highest BCUT2D eigenvalue weighted by Gasteiger charge is 2.37. The summed E-state index contributed by atoms with van der Waals surface area (Å²) in [5.74, 6) is -2.23. The molecule has 0 aliphatic carbocycles. The molecule has 280 valence electrons. The monoisotopic (exact) mass is 748 g/mol. The third-order valence-corrected chi connectivity index (χ3v) is 6.93. The number of alkyl halides is 6. The zero-order valence-electron chi connectivity index (χ0n) is 27.8. The summed E-state index contributed by atoms with van der Waals surface area (Å²) in [6, 6.07) is 8.29. The second-order valence-electron chi connectivity index (χ2n) is 11.8. The Morgan fingerprint density at radius 2 is 1.15 bits per heavy atom. The van der Waals surface area contributed by atoms with E-state index in [4.69, 9.17) is 16.3 Å². The van der Waals surface area contributed by atoms with Gasteiger partial charge in [-0.05, 0) is 50.2 Å². The predicted octanol–water partition coefficient (Wildman–Crippen LogP) is 3.87. The van der Waals surface area contributed by atoms with Gasteiger partial charge in [0.25, 0.3) is 11.8 Å². The quantitative estimate of drug-likeness (QED) is 0.135. The van der Waals surface area contributed by atoms with Crippen LogP contribution < -0.4 is 21.7 Å². The van der Waals surface area contributed by atoms with E-state index >= 15 is 0 Å². The number of nitrogens with zero attached hydrogens (tertiary/aromatic N) is 6. The largest absolute Gasteiger partial charge is 0.417 e. The fourth-order valence-corrected chi connectivity index (χ4v) is 4.40. The lowest BCUT2D eigenvalue weighted by atomic mass is 10.0. The molecule has 2 aromatic heterocycles. The summed E-state index contributed by atoms with van der Waals surface area (Å²) < 4.78 is 80.3. The molecule has 0 aliphatic rings. The molecule has 0 unspecified atom stereocenters. The Balaban J connectivity index is 0.000000287. The fourth-order valence-electron chi connectivity index (χ4n) is 4.40. The zero-order valence-corrected chi connectivity index (χ0v) is 27.8. The third-order valence-electron chi connectivity index (χ3n) is 6.93. The average Bonchev–Trinajstić information content (AvgIpc) is 3.66. The number of aliphatic hydroxyl groups is 2. The molecule has 2 heterocycles. The molecule has 0 fully saturated rings. The van der Waals surface area contributed by atoms with Gasteiger partial charge in [0.15, 0.2) is 11.2 Å². The van der Waals surface area contributed by atoms with Crippen LogP contribution in [-0.4, -0.2) is 58.7 Å². The van der Waals surface area contributed by atoms with E-state index in [-0.39, 0.29) is 30.4 Å². The van der Waals surface area contributed by atoms with E-state index < -0.39 is 57.6 Å². The first kappa shape index (κ1) is 41.0. The van der Waals surface area contributed by atoms with Crippen molar-refractivity contribution in [3.8, 4) is 12.1 Å². The van der Waals surface area contributed by atoms with E-state index in [0.717, 1.165) is 31.2 Å². The van der Waals surface area contributed by atoms with Gasteiger partial charge in [0.1, 0.15) is 0 Å². The zero-order chi connectivity index (χ0) is 39.9. The van der Waals surface area contributed by atoms with Crippen LogP contribution in [0.4, 0.5) is 49.1 Å². The molecule has 0 radical (unpaired) electrons. The number of carbonyl (C=O) groups is 3. The molecule has 21 heteroatoms. The van der Waals surface area contributed by atoms with Crippen molar-refractivity contribution in [3.63, 3.8) is 0 Å². The topological polar surface area (TPSA) is 237 Å². The molecule has 0 aliphatic heterocycles. The molecule has 3 amide bonds. The van der Waals surface area contributed by atoms with Crippen molar-refractivity contribution in [2.75, 3.05) is 21.7 Å². The van der Waals surface area contributed by atoms with Gasteiger partial charge in [-0.25, -0.2) is 0 Å². The van der Waals surface area contributed by atoms with Crippen LogP contribution in [0.2, 0.25) is 0 Å². The second kappa shape index (κ2) is 15.8. The Bertz CT molecular complexity index is 2070. The number of nitrogen functional groups attached to an aromatic ring is 1. The Hall–Kier alpha value is -6.45. The van der Waals surface area contributed by atoms with E-state index in [1.807, 2.05) is 0 Å². The number of nitriles is 2. The standard InChI is InChI=1S/C17H16F3N5O3.C15H14F3N5O2/c1-10(26)23-13-7-22-25(8-13)9-16(2,28)15(27)24-12-4-3-11(6-21)14(5-12)17(18,19)20;1-14(25,8-23-7-10(20)6-21-23)13(24)22-11-3-2-9(5-19)12(4-11)15(16,17)18/h3-5,7-8,28H,9H2,1-2H3,(H,23,26)(H,24,27);2-4,6-7,25H,8,20H2,1H3,(H,22,24)/t16-;14-/m00/s1. The first-order chi connectivity index (χ1) is 24.4. The van der Waals surface area contributed by atoms with Gasteiger partial charge in [-0.15, -0.1) is 0 Å². The maximum absolute atomic E-state index is 13.0. The fraction of sp³-hybridized carbons (Fsp3) is 0.281. The van der Waals surface area contributed by atoms with Crippen LogP contribution in [0, 0.1) is 22.7 Å². The van der Waals surface area contributed by atoms with Crippen molar-refractivity contribution in [1.29, 1.82) is 10.5 Å². The van der Waals surface area contributed by atoms with E-state index in [0.29, 0.717) is 23.5 Å². The number of hydrogen-bond acceptors (Lipinski definition) is 10. The SMILES string of the molecule is CC(=O)Nc1cnn(C[C@](C)(O)C(=O)Nc2ccc(C#N)c(C(F)(F)F)c2)c1.C[C@](O)(Cn1cc(N)cn1)C(=O)Nc1ccc(C#N)c(C(F)(F)F)c1. The minimum Gasteiger partial charge on any atom is -0.396 e. The van der Waals surface area contributed by atoms with Crippen molar-refractivity contribution >= 4 is 40.5 Å². The maximum Gasteiger partial charge on any atom is 0.417 e. The number of anilines is 4. The van der Waals surface area contributed by atoms with Gasteiger partial charge in [-0.1, -0.05) is 0 Å². The highest BCUT2D eigenvalue weighted by Crippen LogP contribution is 2.35. The first-order valence-corrected chi connectivity index (χ1v) is 14.8. The molecule has 4 aromatic rings. The maximum atomic E-state index is 13.0. The van der Waals surface area contributed by atoms with Gasteiger partial charge >= 0.3 is 12.4 Å². The average molecular weight is 749 g/mol. The summed E-state index contributed by atoms with van der Waals surface area (Å²) in [6.45, 7) is 3.08. The number of amides is 3. The molecule has 4 rings (SSSR count). The number of halogens is 6. The highest BCUT2D eigenvalue weighted by molar-refractivity contribution is 5.97. The number of rotatable bonds is 9. The predicted molar refractivity (Wildman–Crippen MR) is 174 cm³/mol. The van der Waals surface area contributed by atoms with E-state index in [2.05, 4.69) is 26.1 Å². The molecular weight excluding hydrogens is 718 g/mol. The minimum absolute atomic E-state index is 0.198. The first-order valence-electron chi connectivity index (χ1n) is 14.8.